The van der Waals surface area contributed by atoms with Gasteiger partial charge in [-0.15, -0.1) is 0 Å². The normalized spacial score (nSPS) is 11.0. The van der Waals surface area contributed by atoms with E-state index in [1.807, 2.05) is 11.5 Å². The van der Waals surface area contributed by atoms with Crippen molar-refractivity contribution in [3.8, 4) is 0 Å². The summed E-state index contributed by atoms with van der Waals surface area (Å²) >= 11 is 0. The Labute approximate surface area is 115 Å². The van der Waals surface area contributed by atoms with Crippen LogP contribution in [0.2, 0.25) is 0 Å². The van der Waals surface area contributed by atoms with Gasteiger partial charge in [0.25, 0.3) is 0 Å². The average Bonchev–Trinajstić information content (AvgIpc) is 2.61. The molecule has 0 fully saturated rings. The van der Waals surface area contributed by atoms with Crippen LogP contribution in [0.3, 0.4) is 0 Å². The second kappa shape index (κ2) is 7.16. The number of carbonyl (C=O) groups excluding carboxylic acids is 1. The Morgan fingerprint density at radius 1 is 1.42 bits per heavy atom. The van der Waals surface area contributed by atoms with E-state index in [0.717, 1.165) is 31.1 Å². The van der Waals surface area contributed by atoms with Crippen LogP contribution in [0.1, 0.15) is 56.3 Å². The molecule has 2 N–H and O–H groups in total. The predicted octanol–water partition coefficient (Wildman–Crippen LogP) is 2.78. The molecule has 19 heavy (non-hydrogen) atoms. The lowest BCUT2D eigenvalue weighted by atomic mass is 10.1. The molecule has 1 rings (SSSR count). The standard InChI is InChI=1S/C14H25N3O2/c1-5-19-14(18)12-13(15)17(11(4)16-12)9-7-6-8-10(2)3/h10H,5-9,15H2,1-4H3. The zero-order chi connectivity index (χ0) is 14.4. The molecule has 0 atom stereocenters. The summed E-state index contributed by atoms with van der Waals surface area (Å²) in [5, 5.41) is 0. The zero-order valence-electron chi connectivity index (χ0n) is 12.4. The second-order valence-electron chi connectivity index (χ2n) is 5.15. The molecule has 5 heteroatoms. The van der Waals surface area contributed by atoms with Gasteiger partial charge >= 0.3 is 5.97 Å². The fourth-order valence-corrected chi connectivity index (χ4v) is 2.04. The van der Waals surface area contributed by atoms with Crippen molar-refractivity contribution in [2.24, 2.45) is 5.92 Å². The number of esters is 1. The maximum absolute atomic E-state index is 11.7. The number of imidazole rings is 1. The van der Waals surface area contributed by atoms with Gasteiger partial charge in [0.2, 0.25) is 0 Å². The van der Waals surface area contributed by atoms with Gasteiger partial charge in [-0.25, -0.2) is 9.78 Å². The Kier molecular flexibility index (Phi) is 5.86. The van der Waals surface area contributed by atoms with Crippen LogP contribution in [0, 0.1) is 12.8 Å². The number of ether oxygens (including phenoxy) is 1. The van der Waals surface area contributed by atoms with Gasteiger partial charge < -0.3 is 15.0 Å². The van der Waals surface area contributed by atoms with E-state index in [0.29, 0.717) is 12.4 Å². The van der Waals surface area contributed by atoms with Gasteiger partial charge in [-0.1, -0.05) is 26.7 Å². The molecule has 0 bridgehead atoms. The number of nitrogens with two attached hydrogens (primary N) is 1. The van der Waals surface area contributed by atoms with Gasteiger partial charge in [-0.2, -0.15) is 0 Å². The largest absolute Gasteiger partial charge is 0.461 e. The van der Waals surface area contributed by atoms with Crippen molar-refractivity contribution >= 4 is 11.8 Å². The van der Waals surface area contributed by atoms with Crippen molar-refractivity contribution in [2.45, 2.75) is 53.5 Å². The third-order valence-electron chi connectivity index (χ3n) is 3.08. The van der Waals surface area contributed by atoms with Crippen LogP contribution in [0.15, 0.2) is 0 Å². The minimum Gasteiger partial charge on any atom is -0.461 e. The molecule has 0 aromatic carbocycles. The van der Waals surface area contributed by atoms with E-state index in [-0.39, 0.29) is 5.69 Å². The van der Waals surface area contributed by atoms with E-state index in [2.05, 4.69) is 18.8 Å². The van der Waals surface area contributed by atoms with Crippen LogP contribution in [0.4, 0.5) is 5.82 Å². The number of anilines is 1. The van der Waals surface area contributed by atoms with Gasteiger partial charge in [-0.05, 0) is 26.2 Å². The molecule has 5 nitrogen and oxygen atoms in total. The third kappa shape index (κ3) is 4.26. The summed E-state index contributed by atoms with van der Waals surface area (Å²) in [6, 6.07) is 0. The van der Waals surface area contributed by atoms with Crippen LogP contribution in [0.5, 0.6) is 0 Å². The SMILES string of the molecule is CCOC(=O)c1nc(C)n(CCCCC(C)C)c1N. The third-order valence-corrected chi connectivity index (χ3v) is 3.08. The number of carbonyl (C=O) groups is 1. The molecule has 1 aromatic rings. The lowest BCUT2D eigenvalue weighted by Gasteiger charge is -2.08. The summed E-state index contributed by atoms with van der Waals surface area (Å²) in [7, 11) is 0. The summed E-state index contributed by atoms with van der Waals surface area (Å²) in [4.78, 5) is 15.9. The van der Waals surface area contributed by atoms with Gasteiger partial charge in [0, 0.05) is 6.54 Å². The predicted molar refractivity (Wildman–Crippen MR) is 76.0 cm³/mol. The molecule has 1 aromatic heterocycles. The van der Waals surface area contributed by atoms with E-state index in [1.54, 1.807) is 6.92 Å². The minimum atomic E-state index is -0.441. The topological polar surface area (TPSA) is 70.1 Å². The van der Waals surface area contributed by atoms with Crippen molar-refractivity contribution in [2.75, 3.05) is 12.3 Å². The molecule has 0 radical (unpaired) electrons. The summed E-state index contributed by atoms with van der Waals surface area (Å²) in [6.07, 6.45) is 3.41. The first-order valence-electron chi connectivity index (χ1n) is 6.97. The van der Waals surface area contributed by atoms with Gasteiger partial charge in [0.15, 0.2) is 5.69 Å². The van der Waals surface area contributed by atoms with Crippen LogP contribution in [0.25, 0.3) is 0 Å². The average molecular weight is 267 g/mol. The van der Waals surface area contributed by atoms with Gasteiger partial charge in [0.1, 0.15) is 11.6 Å². The second-order valence-corrected chi connectivity index (χ2v) is 5.15. The molecule has 0 saturated heterocycles. The van der Waals surface area contributed by atoms with E-state index in [4.69, 9.17) is 10.5 Å². The molecule has 0 saturated carbocycles. The Hall–Kier alpha value is -1.52. The lowest BCUT2D eigenvalue weighted by Crippen LogP contribution is -2.10. The molecule has 0 aliphatic heterocycles. The number of aryl methyl sites for hydroxylation is 1. The molecule has 0 unspecified atom stereocenters. The first-order chi connectivity index (χ1) is 8.97. The number of hydrogen-bond donors (Lipinski definition) is 1. The maximum Gasteiger partial charge on any atom is 0.360 e. The van der Waals surface area contributed by atoms with Crippen molar-refractivity contribution in [3.63, 3.8) is 0 Å². The van der Waals surface area contributed by atoms with E-state index in [9.17, 15) is 4.79 Å². The van der Waals surface area contributed by atoms with Crippen molar-refractivity contribution in [1.82, 2.24) is 9.55 Å². The Balaban J connectivity index is 2.66. The maximum atomic E-state index is 11.7. The number of aromatic nitrogens is 2. The summed E-state index contributed by atoms with van der Waals surface area (Å²) in [6.45, 7) is 9.20. The number of unbranched alkanes of at least 4 members (excludes halogenated alkanes) is 1. The molecule has 0 aliphatic carbocycles. The summed E-state index contributed by atoms with van der Waals surface area (Å²) in [5.74, 6) is 1.46. The number of nitrogens with zero attached hydrogens (tertiary/aromatic N) is 2. The van der Waals surface area contributed by atoms with Crippen molar-refractivity contribution in [3.05, 3.63) is 11.5 Å². The Morgan fingerprint density at radius 2 is 2.11 bits per heavy atom. The number of rotatable bonds is 7. The lowest BCUT2D eigenvalue weighted by molar-refractivity contribution is 0.0521. The molecular weight excluding hydrogens is 242 g/mol. The van der Waals surface area contributed by atoms with E-state index < -0.39 is 5.97 Å². The Morgan fingerprint density at radius 3 is 2.68 bits per heavy atom. The monoisotopic (exact) mass is 267 g/mol. The van der Waals surface area contributed by atoms with Crippen molar-refractivity contribution < 1.29 is 9.53 Å². The van der Waals surface area contributed by atoms with E-state index >= 15 is 0 Å². The highest BCUT2D eigenvalue weighted by Crippen LogP contribution is 2.17. The number of hydrogen-bond acceptors (Lipinski definition) is 4. The fraction of sp³-hybridized carbons (Fsp3) is 0.714. The van der Waals surface area contributed by atoms with E-state index in [1.165, 1.54) is 6.42 Å². The first-order valence-corrected chi connectivity index (χ1v) is 6.97. The van der Waals surface area contributed by atoms with Gasteiger partial charge in [-0.3, -0.25) is 0 Å². The highest BCUT2D eigenvalue weighted by molar-refractivity contribution is 5.92. The highest BCUT2D eigenvalue weighted by Gasteiger charge is 2.19. The summed E-state index contributed by atoms with van der Waals surface area (Å²) < 4.78 is 6.83. The summed E-state index contributed by atoms with van der Waals surface area (Å²) in [5.41, 5.74) is 6.22. The first kappa shape index (κ1) is 15.5. The zero-order valence-corrected chi connectivity index (χ0v) is 12.4. The minimum absolute atomic E-state index is 0.239. The molecular formula is C14H25N3O2. The molecule has 108 valence electrons. The van der Waals surface area contributed by atoms with Gasteiger partial charge in [0.05, 0.1) is 6.61 Å². The molecule has 1 heterocycles. The van der Waals surface area contributed by atoms with Crippen LogP contribution in [-0.4, -0.2) is 22.1 Å². The Bertz CT molecular complexity index is 425. The van der Waals surface area contributed by atoms with Crippen LogP contribution < -0.4 is 5.73 Å². The van der Waals surface area contributed by atoms with Crippen LogP contribution in [-0.2, 0) is 11.3 Å². The fourth-order valence-electron chi connectivity index (χ4n) is 2.04. The molecule has 0 aliphatic rings. The smallest absolute Gasteiger partial charge is 0.360 e. The molecule has 0 spiro atoms. The quantitative estimate of drug-likeness (QED) is 0.609. The highest BCUT2D eigenvalue weighted by atomic mass is 16.5. The van der Waals surface area contributed by atoms with Crippen molar-refractivity contribution in [1.29, 1.82) is 0 Å². The van der Waals surface area contributed by atoms with Crippen LogP contribution >= 0.6 is 0 Å². The molecule has 0 amide bonds. The number of nitrogen functional groups attached to an aromatic ring is 1.